The van der Waals surface area contributed by atoms with E-state index in [2.05, 4.69) is 26.6 Å². The zero-order chi connectivity index (χ0) is 24.8. The molecule has 186 valence electrons. The lowest BCUT2D eigenvalue weighted by Gasteiger charge is -2.38. The van der Waals surface area contributed by atoms with E-state index >= 15 is 0 Å². The van der Waals surface area contributed by atoms with E-state index in [-0.39, 0.29) is 40.3 Å². The lowest BCUT2D eigenvalue weighted by atomic mass is 9.70. The van der Waals surface area contributed by atoms with Gasteiger partial charge in [-0.1, -0.05) is 60.4 Å². The fraction of sp³-hybridized carbons (Fsp3) is 0.625. The summed E-state index contributed by atoms with van der Waals surface area (Å²) < 4.78 is -0.766. The van der Waals surface area contributed by atoms with Crippen molar-refractivity contribution in [1.82, 2.24) is 10.2 Å². The van der Waals surface area contributed by atoms with Crippen molar-refractivity contribution in [3.05, 3.63) is 29.3 Å². The van der Waals surface area contributed by atoms with Crippen LogP contribution in [-0.4, -0.2) is 67.8 Å². The quantitative estimate of drug-likeness (QED) is 0.415. The SMILES string of the molecule is CCCNC(=O)[C@H]1[C@@H]2SC3(CC2Br)C(C(=O)Nc2ccccc2Cl)N([C@@H](CO)C(C)C)C(=O)[C@H]13. The number of anilines is 1. The van der Waals surface area contributed by atoms with Gasteiger partial charge in [-0.05, 0) is 30.9 Å². The molecule has 3 amide bonds. The lowest BCUT2D eigenvalue weighted by Crippen LogP contribution is -2.56. The van der Waals surface area contributed by atoms with Gasteiger partial charge < -0.3 is 20.6 Å². The van der Waals surface area contributed by atoms with Gasteiger partial charge in [0, 0.05) is 16.6 Å². The minimum absolute atomic E-state index is 0.00103. The third-order valence-corrected chi connectivity index (χ3v) is 10.8. The smallest absolute Gasteiger partial charge is 0.248 e. The highest BCUT2D eigenvalue weighted by Gasteiger charge is 2.76. The number of para-hydroxylation sites is 1. The van der Waals surface area contributed by atoms with E-state index in [0.717, 1.165) is 6.42 Å². The second-order valence-electron chi connectivity index (χ2n) is 9.66. The fourth-order valence-electron chi connectivity index (χ4n) is 5.77. The van der Waals surface area contributed by atoms with E-state index in [9.17, 15) is 19.5 Å². The summed E-state index contributed by atoms with van der Waals surface area (Å²) in [6.45, 7) is 6.11. The zero-order valence-corrected chi connectivity index (χ0v) is 22.6. The molecule has 1 aromatic carbocycles. The highest BCUT2D eigenvalue weighted by atomic mass is 79.9. The van der Waals surface area contributed by atoms with Crippen molar-refractivity contribution >= 4 is 62.7 Å². The van der Waals surface area contributed by atoms with Crippen LogP contribution >= 0.6 is 39.3 Å². The Morgan fingerprint density at radius 2 is 2.03 bits per heavy atom. The van der Waals surface area contributed by atoms with Gasteiger partial charge in [-0.2, -0.15) is 0 Å². The highest BCUT2D eigenvalue weighted by Crippen LogP contribution is 2.68. The Kier molecular flexibility index (Phi) is 7.58. The normalized spacial score (nSPS) is 32.7. The van der Waals surface area contributed by atoms with Crippen LogP contribution in [0, 0.1) is 17.8 Å². The van der Waals surface area contributed by atoms with E-state index in [0.29, 0.717) is 23.7 Å². The summed E-state index contributed by atoms with van der Waals surface area (Å²) in [7, 11) is 0. The standard InChI is InChI=1S/C24H31BrClN3O4S/c1-4-9-27-21(31)17-18-23(33)29(16(11-30)12(2)3)20(24(18)10-13(25)19(17)34-24)22(32)28-15-8-6-5-7-14(15)26/h5-8,12-13,16-20,30H,4,9-11H2,1-3H3,(H,27,31)(H,28,32)/t13?,16-,17+,18-,19+,20?,24?/m0/s1. The number of thioether (sulfide) groups is 1. The number of aliphatic hydroxyl groups excluding tert-OH is 1. The highest BCUT2D eigenvalue weighted by molar-refractivity contribution is 9.09. The van der Waals surface area contributed by atoms with Crippen molar-refractivity contribution < 1.29 is 19.5 Å². The molecule has 4 rings (SSSR count). The van der Waals surface area contributed by atoms with Gasteiger partial charge in [-0.3, -0.25) is 14.4 Å². The molecule has 3 N–H and O–H groups in total. The van der Waals surface area contributed by atoms with Crippen LogP contribution in [0.5, 0.6) is 0 Å². The molecule has 1 spiro atoms. The molecule has 0 aromatic heterocycles. The molecule has 7 nitrogen and oxygen atoms in total. The molecule has 0 saturated carbocycles. The number of halogens is 2. The minimum Gasteiger partial charge on any atom is -0.394 e. The van der Waals surface area contributed by atoms with E-state index in [1.807, 2.05) is 20.8 Å². The van der Waals surface area contributed by atoms with Crippen molar-refractivity contribution in [3.8, 4) is 0 Å². The summed E-state index contributed by atoms with van der Waals surface area (Å²) in [5.74, 6) is -1.93. The summed E-state index contributed by atoms with van der Waals surface area (Å²) >= 11 is 11.6. The molecule has 3 saturated heterocycles. The minimum atomic E-state index is -0.833. The average molecular weight is 573 g/mol. The third kappa shape index (κ3) is 4.06. The lowest BCUT2D eigenvalue weighted by molar-refractivity contribution is -0.142. The van der Waals surface area contributed by atoms with Crippen molar-refractivity contribution in [2.24, 2.45) is 17.8 Å². The first-order valence-corrected chi connectivity index (χ1v) is 13.9. The van der Waals surface area contributed by atoms with Gasteiger partial charge in [0.1, 0.15) is 6.04 Å². The number of amides is 3. The number of hydrogen-bond acceptors (Lipinski definition) is 5. The van der Waals surface area contributed by atoms with Gasteiger partial charge in [0.05, 0.1) is 39.9 Å². The average Bonchev–Trinajstić information content (AvgIpc) is 3.38. The number of nitrogens with one attached hydrogen (secondary N) is 2. The number of benzene rings is 1. The molecular weight excluding hydrogens is 542 g/mol. The number of alkyl halides is 1. The van der Waals surface area contributed by atoms with Gasteiger partial charge in [0.15, 0.2) is 0 Å². The van der Waals surface area contributed by atoms with Crippen LogP contribution in [-0.2, 0) is 14.4 Å². The number of nitrogens with zero attached hydrogens (tertiary/aromatic N) is 1. The predicted octanol–water partition coefficient (Wildman–Crippen LogP) is 3.29. The van der Waals surface area contributed by atoms with Crippen LogP contribution in [0.3, 0.4) is 0 Å². The summed E-state index contributed by atoms with van der Waals surface area (Å²) in [5.41, 5.74) is 0.469. The summed E-state index contributed by atoms with van der Waals surface area (Å²) in [6.07, 6.45) is 1.39. The third-order valence-electron chi connectivity index (χ3n) is 7.27. The van der Waals surface area contributed by atoms with Crippen molar-refractivity contribution in [2.45, 2.75) is 60.5 Å². The van der Waals surface area contributed by atoms with Crippen LogP contribution in [0.4, 0.5) is 5.69 Å². The molecular formula is C24H31BrClN3O4S. The number of carbonyl (C=O) groups is 3. The van der Waals surface area contributed by atoms with Gasteiger partial charge in [-0.25, -0.2) is 0 Å². The van der Waals surface area contributed by atoms with Crippen molar-refractivity contribution in [1.29, 1.82) is 0 Å². The van der Waals surface area contributed by atoms with Crippen LogP contribution in [0.15, 0.2) is 24.3 Å². The summed E-state index contributed by atoms with van der Waals surface area (Å²) in [4.78, 5) is 42.7. The second kappa shape index (κ2) is 9.99. The number of rotatable bonds is 8. The number of fused-ring (bicyclic) bond motifs is 1. The van der Waals surface area contributed by atoms with Crippen LogP contribution in [0.1, 0.15) is 33.6 Å². The first kappa shape index (κ1) is 25.8. The second-order valence-corrected chi connectivity index (χ2v) is 12.8. The van der Waals surface area contributed by atoms with Gasteiger partial charge in [0.25, 0.3) is 0 Å². The maximum Gasteiger partial charge on any atom is 0.248 e. The van der Waals surface area contributed by atoms with Gasteiger partial charge in [-0.15, -0.1) is 11.8 Å². The van der Waals surface area contributed by atoms with E-state index in [1.165, 1.54) is 0 Å². The molecule has 34 heavy (non-hydrogen) atoms. The molecule has 7 atom stereocenters. The maximum atomic E-state index is 14.0. The first-order valence-electron chi connectivity index (χ1n) is 11.8. The molecule has 3 aliphatic heterocycles. The molecule has 3 fully saturated rings. The number of carbonyl (C=O) groups excluding carboxylic acids is 3. The van der Waals surface area contributed by atoms with E-state index in [4.69, 9.17) is 11.6 Å². The number of likely N-dealkylation sites (tertiary alicyclic amines) is 1. The largest absolute Gasteiger partial charge is 0.394 e. The van der Waals surface area contributed by atoms with Crippen LogP contribution < -0.4 is 10.6 Å². The Morgan fingerprint density at radius 3 is 2.65 bits per heavy atom. The molecule has 3 unspecified atom stereocenters. The molecule has 3 aliphatic rings. The summed E-state index contributed by atoms with van der Waals surface area (Å²) in [6, 6.07) is 5.60. The van der Waals surface area contributed by atoms with Crippen molar-refractivity contribution in [2.75, 3.05) is 18.5 Å². The molecule has 0 radical (unpaired) electrons. The van der Waals surface area contributed by atoms with Gasteiger partial charge in [0.2, 0.25) is 17.7 Å². The first-order chi connectivity index (χ1) is 16.2. The Labute approximate surface area is 217 Å². The zero-order valence-electron chi connectivity index (χ0n) is 19.5. The number of hydrogen-bond donors (Lipinski definition) is 3. The van der Waals surface area contributed by atoms with Crippen LogP contribution in [0.25, 0.3) is 0 Å². The maximum absolute atomic E-state index is 14.0. The topological polar surface area (TPSA) is 98.7 Å². The monoisotopic (exact) mass is 571 g/mol. The summed E-state index contributed by atoms with van der Waals surface area (Å²) in [5, 5.41) is 16.4. The Hall–Kier alpha value is -1.29. The molecule has 3 heterocycles. The Morgan fingerprint density at radius 1 is 1.32 bits per heavy atom. The Balaban J connectivity index is 1.77. The molecule has 1 aromatic rings. The van der Waals surface area contributed by atoms with E-state index < -0.39 is 28.7 Å². The predicted molar refractivity (Wildman–Crippen MR) is 138 cm³/mol. The van der Waals surface area contributed by atoms with Gasteiger partial charge >= 0.3 is 0 Å². The molecule has 0 aliphatic carbocycles. The van der Waals surface area contributed by atoms with Crippen molar-refractivity contribution in [3.63, 3.8) is 0 Å². The Bertz CT molecular complexity index is 981. The fourth-order valence-corrected chi connectivity index (χ4v) is 9.56. The van der Waals surface area contributed by atoms with E-state index in [1.54, 1.807) is 40.9 Å². The molecule has 2 bridgehead atoms. The number of aliphatic hydroxyl groups is 1. The molecule has 10 heteroatoms. The van der Waals surface area contributed by atoms with Crippen LogP contribution in [0.2, 0.25) is 5.02 Å².